The predicted molar refractivity (Wildman–Crippen MR) is 88.7 cm³/mol. The zero-order valence-corrected chi connectivity index (χ0v) is 13.3. The van der Waals surface area contributed by atoms with Gasteiger partial charge >= 0.3 is 0 Å². The molecule has 5 nitrogen and oxygen atoms in total. The smallest absolute Gasteiger partial charge is 0.256 e. The van der Waals surface area contributed by atoms with Gasteiger partial charge in [0.1, 0.15) is 5.82 Å². The highest BCUT2D eigenvalue weighted by Crippen LogP contribution is 2.32. The van der Waals surface area contributed by atoms with Crippen molar-refractivity contribution in [2.45, 2.75) is 26.8 Å². The Balaban J connectivity index is 1.74. The number of anilines is 1. The molecule has 22 heavy (non-hydrogen) atoms. The van der Waals surface area contributed by atoms with Gasteiger partial charge in [0, 0.05) is 13.0 Å². The van der Waals surface area contributed by atoms with Gasteiger partial charge in [-0.15, -0.1) is 0 Å². The van der Waals surface area contributed by atoms with E-state index < -0.39 is 0 Å². The molecule has 0 radical (unpaired) electrons. The first-order valence-electron chi connectivity index (χ1n) is 7.31. The molecule has 3 heterocycles. The summed E-state index contributed by atoms with van der Waals surface area (Å²) in [5.74, 6) is 0.688. The minimum absolute atomic E-state index is 0.0236. The quantitative estimate of drug-likeness (QED) is 0.750. The summed E-state index contributed by atoms with van der Waals surface area (Å²) in [5.41, 5.74) is 3.92. The number of nitrogens with zero attached hydrogens (tertiary/aromatic N) is 3. The van der Waals surface area contributed by atoms with Crippen LogP contribution in [0.2, 0.25) is 0 Å². The minimum Gasteiger partial charge on any atom is -0.343 e. The van der Waals surface area contributed by atoms with E-state index in [9.17, 15) is 4.79 Å². The third-order valence-electron chi connectivity index (χ3n) is 4.07. The normalized spacial score (nSPS) is 14.4. The number of benzene rings is 1. The molecule has 0 spiro atoms. The van der Waals surface area contributed by atoms with Crippen LogP contribution in [0.3, 0.4) is 0 Å². The number of thiazole rings is 1. The SMILES string of the molecule is Cc1nc2c(c(=O)[nH]1)CN(c1nc3c(C)cccc3s1)CC2. The highest BCUT2D eigenvalue weighted by Gasteiger charge is 2.23. The van der Waals surface area contributed by atoms with Gasteiger partial charge in [-0.3, -0.25) is 4.79 Å². The molecule has 0 aliphatic carbocycles. The lowest BCUT2D eigenvalue weighted by molar-refractivity contribution is 0.690. The van der Waals surface area contributed by atoms with Gasteiger partial charge in [-0.1, -0.05) is 23.5 Å². The van der Waals surface area contributed by atoms with Crippen LogP contribution in [0.1, 0.15) is 22.6 Å². The molecule has 0 unspecified atom stereocenters. The summed E-state index contributed by atoms with van der Waals surface area (Å²) in [4.78, 5) is 26.4. The number of para-hydroxylation sites is 1. The second kappa shape index (κ2) is 4.91. The summed E-state index contributed by atoms with van der Waals surface area (Å²) in [7, 11) is 0. The molecule has 6 heteroatoms. The van der Waals surface area contributed by atoms with E-state index in [1.807, 2.05) is 6.92 Å². The van der Waals surface area contributed by atoms with E-state index in [2.05, 4.69) is 40.0 Å². The lowest BCUT2D eigenvalue weighted by Gasteiger charge is -2.27. The Bertz CT molecular complexity index is 928. The third kappa shape index (κ3) is 2.11. The average Bonchev–Trinajstić information content (AvgIpc) is 2.92. The van der Waals surface area contributed by atoms with E-state index in [1.54, 1.807) is 11.3 Å². The van der Waals surface area contributed by atoms with Gasteiger partial charge in [-0.2, -0.15) is 0 Å². The predicted octanol–water partition coefficient (Wildman–Crippen LogP) is 2.56. The molecule has 3 aromatic rings. The first kappa shape index (κ1) is 13.5. The van der Waals surface area contributed by atoms with E-state index in [1.165, 1.54) is 10.3 Å². The summed E-state index contributed by atoms with van der Waals surface area (Å²) < 4.78 is 1.19. The minimum atomic E-state index is -0.0236. The summed E-state index contributed by atoms with van der Waals surface area (Å²) >= 11 is 1.68. The van der Waals surface area contributed by atoms with E-state index in [0.29, 0.717) is 12.4 Å². The molecular weight excluding hydrogens is 296 g/mol. The van der Waals surface area contributed by atoms with Crippen molar-refractivity contribution < 1.29 is 0 Å². The van der Waals surface area contributed by atoms with E-state index >= 15 is 0 Å². The molecule has 1 aromatic carbocycles. The van der Waals surface area contributed by atoms with Crippen molar-refractivity contribution >= 4 is 26.7 Å². The fourth-order valence-electron chi connectivity index (χ4n) is 2.92. The van der Waals surface area contributed by atoms with Crippen molar-refractivity contribution in [2.24, 2.45) is 0 Å². The molecule has 0 bridgehead atoms. The Hall–Kier alpha value is -2.21. The van der Waals surface area contributed by atoms with Crippen LogP contribution in [0, 0.1) is 13.8 Å². The molecule has 112 valence electrons. The van der Waals surface area contributed by atoms with Crippen LogP contribution >= 0.6 is 11.3 Å². The van der Waals surface area contributed by atoms with Crippen molar-refractivity contribution in [1.29, 1.82) is 0 Å². The number of hydrogen-bond acceptors (Lipinski definition) is 5. The highest BCUT2D eigenvalue weighted by atomic mass is 32.1. The third-order valence-corrected chi connectivity index (χ3v) is 5.15. The molecule has 4 rings (SSSR count). The van der Waals surface area contributed by atoms with Crippen LogP contribution in [0.15, 0.2) is 23.0 Å². The number of H-pyrrole nitrogens is 1. The molecule has 0 saturated carbocycles. The Morgan fingerprint density at radius 3 is 2.95 bits per heavy atom. The molecule has 1 aliphatic heterocycles. The zero-order chi connectivity index (χ0) is 15.3. The zero-order valence-electron chi connectivity index (χ0n) is 12.5. The molecule has 2 aromatic heterocycles. The first-order chi connectivity index (χ1) is 10.6. The van der Waals surface area contributed by atoms with Crippen LogP contribution in [0.4, 0.5) is 5.13 Å². The molecule has 1 N–H and O–H groups in total. The van der Waals surface area contributed by atoms with Crippen molar-refractivity contribution in [3.8, 4) is 0 Å². The maximum atomic E-state index is 12.1. The molecule has 0 amide bonds. The summed E-state index contributed by atoms with van der Waals surface area (Å²) in [5, 5.41) is 0.981. The lowest BCUT2D eigenvalue weighted by atomic mass is 10.1. The maximum Gasteiger partial charge on any atom is 0.256 e. The summed E-state index contributed by atoms with van der Waals surface area (Å²) in [6, 6.07) is 6.23. The van der Waals surface area contributed by atoms with Crippen LogP contribution in [-0.2, 0) is 13.0 Å². The van der Waals surface area contributed by atoms with Gasteiger partial charge < -0.3 is 9.88 Å². The van der Waals surface area contributed by atoms with Crippen LogP contribution in [0.25, 0.3) is 10.2 Å². The topological polar surface area (TPSA) is 61.9 Å². The molecular formula is C16H16N4OS. The van der Waals surface area contributed by atoms with Crippen LogP contribution < -0.4 is 10.5 Å². The fourth-order valence-corrected chi connectivity index (χ4v) is 3.99. The first-order valence-corrected chi connectivity index (χ1v) is 8.13. The van der Waals surface area contributed by atoms with E-state index in [0.717, 1.165) is 34.9 Å². The number of aryl methyl sites for hydroxylation is 2. The standard InChI is InChI=1S/C16H16N4OS/c1-9-4-3-5-13-14(9)19-16(22-13)20-7-6-12-11(8-20)15(21)18-10(2)17-12/h3-5H,6-8H2,1-2H3,(H,17,18,21). The lowest BCUT2D eigenvalue weighted by Crippen LogP contribution is -2.35. The number of hydrogen-bond donors (Lipinski definition) is 1. The highest BCUT2D eigenvalue weighted by molar-refractivity contribution is 7.22. The largest absolute Gasteiger partial charge is 0.343 e. The maximum absolute atomic E-state index is 12.1. The molecule has 0 atom stereocenters. The van der Waals surface area contributed by atoms with Gasteiger partial charge in [0.25, 0.3) is 5.56 Å². The Labute approximate surface area is 131 Å². The number of aromatic nitrogens is 3. The molecule has 0 fully saturated rings. The van der Waals surface area contributed by atoms with Crippen LogP contribution in [0.5, 0.6) is 0 Å². The number of nitrogens with one attached hydrogen (secondary N) is 1. The number of rotatable bonds is 1. The fraction of sp³-hybridized carbons (Fsp3) is 0.312. The Morgan fingerprint density at radius 2 is 2.14 bits per heavy atom. The van der Waals surface area contributed by atoms with Crippen molar-refractivity contribution in [3.05, 3.63) is 51.2 Å². The van der Waals surface area contributed by atoms with Gasteiger partial charge in [-0.05, 0) is 25.5 Å². The van der Waals surface area contributed by atoms with Crippen molar-refractivity contribution in [1.82, 2.24) is 15.0 Å². The van der Waals surface area contributed by atoms with Crippen LogP contribution in [-0.4, -0.2) is 21.5 Å². The second-order valence-corrected chi connectivity index (χ2v) is 6.68. The Morgan fingerprint density at radius 1 is 1.27 bits per heavy atom. The average molecular weight is 312 g/mol. The molecule has 0 saturated heterocycles. The van der Waals surface area contributed by atoms with Gasteiger partial charge in [0.2, 0.25) is 0 Å². The number of aromatic amines is 1. The summed E-state index contributed by atoms with van der Waals surface area (Å²) in [6.07, 6.45) is 0.787. The Kier molecular flexibility index (Phi) is 3.00. The van der Waals surface area contributed by atoms with E-state index in [-0.39, 0.29) is 5.56 Å². The van der Waals surface area contributed by atoms with E-state index in [4.69, 9.17) is 4.98 Å². The van der Waals surface area contributed by atoms with Crippen molar-refractivity contribution in [2.75, 3.05) is 11.4 Å². The summed E-state index contributed by atoms with van der Waals surface area (Å²) in [6.45, 7) is 5.33. The second-order valence-electron chi connectivity index (χ2n) is 5.67. The monoisotopic (exact) mass is 312 g/mol. The van der Waals surface area contributed by atoms with Gasteiger partial charge in [-0.25, -0.2) is 9.97 Å². The van der Waals surface area contributed by atoms with Crippen molar-refractivity contribution in [3.63, 3.8) is 0 Å². The molecule has 1 aliphatic rings. The van der Waals surface area contributed by atoms with Gasteiger partial charge in [0.05, 0.1) is 28.0 Å². The van der Waals surface area contributed by atoms with Gasteiger partial charge in [0.15, 0.2) is 5.13 Å². The number of fused-ring (bicyclic) bond motifs is 2.